The molecule has 0 bridgehead atoms. The molecule has 0 fully saturated rings. The SMILES string of the molecule is O=C(COCCc1ccccc1)NCC(O)c1ccco1. The fourth-order valence-corrected chi connectivity index (χ4v) is 1.84. The van der Waals surface area contributed by atoms with E-state index >= 15 is 0 Å². The lowest BCUT2D eigenvalue weighted by Gasteiger charge is -2.10. The molecule has 0 aliphatic carbocycles. The van der Waals surface area contributed by atoms with Crippen LogP contribution in [-0.4, -0.2) is 30.8 Å². The minimum atomic E-state index is -0.840. The summed E-state index contributed by atoms with van der Waals surface area (Å²) >= 11 is 0. The molecule has 0 saturated carbocycles. The summed E-state index contributed by atoms with van der Waals surface area (Å²) in [5, 5.41) is 12.3. The van der Waals surface area contributed by atoms with Crippen LogP contribution >= 0.6 is 0 Å². The third-order valence-electron chi connectivity index (χ3n) is 2.98. The van der Waals surface area contributed by atoms with Gasteiger partial charge in [0.15, 0.2) is 0 Å². The van der Waals surface area contributed by atoms with Crippen LogP contribution < -0.4 is 5.32 Å². The average molecular weight is 289 g/mol. The Bertz CT molecular complexity index is 524. The van der Waals surface area contributed by atoms with Crippen LogP contribution in [0.1, 0.15) is 17.4 Å². The predicted octanol–water partition coefficient (Wildman–Crippen LogP) is 1.69. The van der Waals surface area contributed by atoms with E-state index in [1.807, 2.05) is 30.3 Å². The monoisotopic (exact) mass is 289 g/mol. The van der Waals surface area contributed by atoms with Gasteiger partial charge in [0.25, 0.3) is 0 Å². The molecular weight excluding hydrogens is 270 g/mol. The molecule has 1 heterocycles. The van der Waals surface area contributed by atoms with Gasteiger partial charge in [0, 0.05) is 0 Å². The van der Waals surface area contributed by atoms with Gasteiger partial charge >= 0.3 is 0 Å². The van der Waals surface area contributed by atoms with Gasteiger partial charge in [-0.05, 0) is 24.1 Å². The first kappa shape index (κ1) is 15.3. The van der Waals surface area contributed by atoms with Crippen LogP contribution in [0.25, 0.3) is 0 Å². The summed E-state index contributed by atoms with van der Waals surface area (Å²) in [6.45, 7) is 0.574. The van der Waals surface area contributed by atoms with Crippen molar-refractivity contribution in [1.29, 1.82) is 0 Å². The minimum absolute atomic E-state index is 0.0162. The number of carbonyl (C=O) groups is 1. The Hall–Kier alpha value is -2.11. The van der Waals surface area contributed by atoms with Crippen LogP contribution in [0.15, 0.2) is 53.1 Å². The van der Waals surface area contributed by atoms with Crippen LogP contribution in [0.4, 0.5) is 0 Å². The summed E-state index contributed by atoms with van der Waals surface area (Å²) in [4.78, 5) is 11.6. The summed E-state index contributed by atoms with van der Waals surface area (Å²) in [6, 6.07) is 13.3. The van der Waals surface area contributed by atoms with E-state index in [4.69, 9.17) is 9.15 Å². The molecule has 2 N–H and O–H groups in total. The maximum absolute atomic E-state index is 11.6. The summed E-state index contributed by atoms with van der Waals surface area (Å²) in [5.41, 5.74) is 1.17. The second kappa shape index (κ2) is 8.24. The van der Waals surface area contributed by atoms with E-state index in [1.54, 1.807) is 12.1 Å². The number of aliphatic hydroxyl groups excluding tert-OH is 1. The maximum atomic E-state index is 11.6. The van der Waals surface area contributed by atoms with Gasteiger partial charge in [0.2, 0.25) is 5.91 Å². The smallest absolute Gasteiger partial charge is 0.246 e. The number of aliphatic hydroxyl groups is 1. The van der Waals surface area contributed by atoms with E-state index in [0.29, 0.717) is 12.4 Å². The molecule has 0 saturated heterocycles. The highest BCUT2D eigenvalue weighted by Gasteiger charge is 2.11. The second-order valence-electron chi connectivity index (χ2n) is 4.62. The van der Waals surface area contributed by atoms with Crippen molar-refractivity contribution in [3.63, 3.8) is 0 Å². The van der Waals surface area contributed by atoms with Crippen molar-refractivity contribution in [1.82, 2.24) is 5.32 Å². The number of rotatable bonds is 8. The molecule has 0 aliphatic rings. The number of carbonyl (C=O) groups excluding carboxylic acids is 1. The summed E-state index contributed by atoms with van der Waals surface area (Å²) in [7, 11) is 0. The number of hydrogen-bond donors (Lipinski definition) is 2. The molecule has 1 aromatic heterocycles. The molecule has 1 atom stereocenters. The van der Waals surface area contributed by atoms with Crippen LogP contribution in [-0.2, 0) is 16.0 Å². The Balaban J connectivity index is 1.57. The van der Waals surface area contributed by atoms with Crippen LogP contribution in [0.2, 0.25) is 0 Å². The van der Waals surface area contributed by atoms with Gasteiger partial charge in [-0.1, -0.05) is 30.3 Å². The van der Waals surface area contributed by atoms with Crippen molar-refractivity contribution in [3.8, 4) is 0 Å². The number of nitrogens with one attached hydrogen (secondary N) is 1. The molecule has 2 aromatic rings. The Morgan fingerprint density at radius 3 is 2.76 bits per heavy atom. The van der Waals surface area contributed by atoms with Gasteiger partial charge in [-0.15, -0.1) is 0 Å². The van der Waals surface area contributed by atoms with E-state index in [0.717, 1.165) is 6.42 Å². The van der Waals surface area contributed by atoms with E-state index in [1.165, 1.54) is 11.8 Å². The van der Waals surface area contributed by atoms with Gasteiger partial charge in [0.1, 0.15) is 18.5 Å². The molecule has 0 radical (unpaired) electrons. The average Bonchev–Trinajstić information content (AvgIpc) is 3.05. The summed E-state index contributed by atoms with van der Waals surface area (Å²) in [6.07, 6.45) is 1.41. The lowest BCUT2D eigenvalue weighted by molar-refractivity contribution is -0.126. The Morgan fingerprint density at radius 1 is 1.24 bits per heavy atom. The number of ether oxygens (including phenoxy) is 1. The number of amides is 1. The highest BCUT2D eigenvalue weighted by Crippen LogP contribution is 2.11. The predicted molar refractivity (Wildman–Crippen MR) is 77.6 cm³/mol. The van der Waals surface area contributed by atoms with Crippen LogP contribution in [0.3, 0.4) is 0 Å². The highest BCUT2D eigenvalue weighted by molar-refractivity contribution is 5.77. The fourth-order valence-electron chi connectivity index (χ4n) is 1.84. The Kier molecular flexibility index (Phi) is 5.99. The highest BCUT2D eigenvalue weighted by atomic mass is 16.5. The maximum Gasteiger partial charge on any atom is 0.246 e. The van der Waals surface area contributed by atoms with Gasteiger partial charge < -0.3 is 19.6 Å². The molecule has 1 amide bonds. The molecule has 5 nitrogen and oxygen atoms in total. The molecule has 1 unspecified atom stereocenters. The standard InChI is InChI=1S/C16H19NO4/c18-14(15-7-4-9-21-15)11-17-16(19)12-20-10-8-13-5-2-1-3-6-13/h1-7,9,14,18H,8,10-12H2,(H,17,19). The Morgan fingerprint density at radius 2 is 2.05 bits per heavy atom. The van der Waals surface area contributed by atoms with Crippen molar-refractivity contribution in [3.05, 3.63) is 60.1 Å². The number of benzene rings is 1. The van der Waals surface area contributed by atoms with E-state index in [9.17, 15) is 9.90 Å². The first-order valence-electron chi connectivity index (χ1n) is 6.85. The zero-order chi connectivity index (χ0) is 14.9. The van der Waals surface area contributed by atoms with Crippen molar-refractivity contribution in [2.75, 3.05) is 19.8 Å². The van der Waals surface area contributed by atoms with E-state index < -0.39 is 6.10 Å². The van der Waals surface area contributed by atoms with Gasteiger partial charge in [-0.25, -0.2) is 0 Å². The van der Waals surface area contributed by atoms with E-state index in [2.05, 4.69) is 5.32 Å². The molecule has 21 heavy (non-hydrogen) atoms. The largest absolute Gasteiger partial charge is 0.467 e. The normalized spacial score (nSPS) is 12.0. The van der Waals surface area contributed by atoms with Crippen molar-refractivity contribution < 1.29 is 19.1 Å². The molecule has 112 valence electrons. The topological polar surface area (TPSA) is 71.7 Å². The molecular formula is C16H19NO4. The third-order valence-corrected chi connectivity index (χ3v) is 2.98. The first-order valence-corrected chi connectivity index (χ1v) is 6.85. The van der Waals surface area contributed by atoms with Crippen LogP contribution in [0.5, 0.6) is 0 Å². The first-order chi connectivity index (χ1) is 10.3. The molecule has 0 aliphatic heterocycles. The van der Waals surface area contributed by atoms with Gasteiger partial charge in [-0.2, -0.15) is 0 Å². The number of furan rings is 1. The lowest BCUT2D eigenvalue weighted by atomic mass is 10.2. The zero-order valence-electron chi connectivity index (χ0n) is 11.7. The number of hydrogen-bond acceptors (Lipinski definition) is 4. The van der Waals surface area contributed by atoms with Gasteiger partial charge in [0.05, 0.1) is 19.4 Å². The quantitative estimate of drug-likeness (QED) is 0.725. The van der Waals surface area contributed by atoms with Gasteiger partial charge in [-0.3, -0.25) is 4.79 Å². The second-order valence-corrected chi connectivity index (χ2v) is 4.62. The van der Waals surface area contributed by atoms with Crippen molar-refractivity contribution in [2.45, 2.75) is 12.5 Å². The molecule has 0 spiro atoms. The zero-order valence-corrected chi connectivity index (χ0v) is 11.7. The Labute approximate surface area is 123 Å². The minimum Gasteiger partial charge on any atom is -0.467 e. The molecule has 2 rings (SSSR count). The van der Waals surface area contributed by atoms with Crippen molar-refractivity contribution >= 4 is 5.91 Å². The fraction of sp³-hybridized carbons (Fsp3) is 0.312. The molecule has 1 aromatic carbocycles. The third kappa shape index (κ3) is 5.41. The summed E-state index contributed by atoms with van der Waals surface area (Å²) in [5.74, 6) is 0.175. The lowest BCUT2D eigenvalue weighted by Crippen LogP contribution is -2.31. The molecule has 5 heteroatoms. The van der Waals surface area contributed by atoms with E-state index in [-0.39, 0.29) is 19.1 Å². The van der Waals surface area contributed by atoms with Crippen LogP contribution in [0, 0.1) is 0 Å². The van der Waals surface area contributed by atoms with Crippen molar-refractivity contribution in [2.24, 2.45) is 0 Å². The summed E-state index contributed by atoms with van der Waals surface area (Å²) < 4.78 is 10.3.